The summed E-state index contributed by atoms with van der Waals surface area (Å²) in [5.74, 6) is -1.11. The number of sulfonamides is 1. The molecule has 0 radical (unpaired) electrons. The number of anilines is 1. The van der Waals surface area contributed by atoms with Gasteiger partial charge in [-0.25, -0.2) is 12.8 Å². The number of rotatable bonds is 9. The molecule has 7 nitrogen and oxygen atoms in total. The highest BCUT2D eigenvalue weighted by Crippen LogP contribution is 2.27. The Hall–Kier alpha value is -2.20. The van der Waals surface area contributed by atoms with Crippen molar-refractivity contribution in [3.05, 3.63) is 59.4 Å². The number of piperazine rings is 1. The average Bonchev–Trinajstić information content (AvgIpc) is 2.79. The van der Waals surface area contributed by atoms with E-state index < -0.39 is 28.3 Å². The lowest BCUT2D eigenvalue weighted by Gasteiger charge is -2.32. The molecule has 1 amide bonds. The van der Waals surface area contributed by atoms with Crippen molar-refractivity contribution in [2.24, 2.45) is 0 Å². The Bertz CT molecular complexity index is 1020. The van der Waals surface area contributed by atoms with Crippen LogP contribution in [0.3, 0.4) is 0 Å². The van der Waals surface area contributed by atoms with E-state index in [2.05, 4.69) is 22.2 Å². The van der Waals surface area contributed by atoms with Gasteiger partial charge in [-0.15, -0.1) is 0 Å². The van der Waals surface area contributed by atoms with E-state index in [0.717, 1.165) is 49.5 Å². The Labute approximate surface area is 193 Å². The number of hydrogen-bond donors (Lipinski definition) is 1. The first-order valence-corrected chi connectivity index (χ1v) is 12.3. The molecule has 3 rings (SSSR count). The molecule has 0 aromatic heterocycles. The number of carbonyl (C=O) groups is 1. The lowest BCUT2D eigenvalue weighted by Crippen LogP contribution is -2.45. The van der Waals surface area contributed by atoms with Crippen LogP contribution in [0.4, 0.5) is 10.1 Å². The highest BCUT2D eigenvalue weighted by atomic mass is 35.5. The lowest BCUT2D eigenvalue weighted by molar-refractivity contribution is -0.119. The third-order valence-electron chi connectivity index (χ3n) is 5.38. The molecule has 1 aliphatic heterocycles. The highest BCUT2D eigenvalue weighted by Gasteiger charge is 2.27. The number of halogens is 2. The van der Waals surface area contributed by atoms with E-state index in [1.54, 1.807) is 18.2 Å². The third kappa shape index (κ3) is 6.41. The Morgan fingerprint density at radius 1 is 1.12 bits per heavy atom. The molecule has 1 fully saturated rings. The Morgan fingerprint density at radius 2 is 1.81 bits per heavy atom. The summed E-state index contributed by atoms with van der Waals surface area (Å²) in [4.78, 5) is 17.3. The maximum atomic E-state index is 13.6. The number of amides is 1. The van der Waals surface area contributed by atoms with Gasteiger partial charge in [-0.1, -0.05) is 29.8 Å². The Kier molecular flexibility index (Phi) is 8.47. The topological polar surface area (TPSA) is 73.0 Å². The first-order chi connectivity index (χ1) is 15.3. The van der Waals surface area contributed by atoms with Crippen LogP contribution in [0.25, 0.3) is 0 Å². The van der Waals surface area contributed by atoms with Crippen LogP contribution >= 0.6 is 11.6 Å². The molecule has 0 saturated carbocycles. The zero-order valence-electron chi connectivity index (χ0n) is 18.0. The van der Waals surface area contributed by atoms with Gasteiger partial charge >= 0.3 is 0 Å². The van der Waals surface area contributed by atoms with Crippen LogP contribution in [0.1, 0.15) is 6.42 Å². The lowest BCUT2D eigenvalue weighted by atomic mass is 10.3. The standard InChI is InChI=1S/C22H28ClFN4O3S/c1-26-12-14-27(15-13-26)11-5-10-25-22(29)17-28(18-8-9-21(24)20(23)16-18)32(30,31)19-6-3-2-4-7-19/h2-4,6-9,16H,5,10-15,17H2,1H3,(H,25,29). The molecule has 0 spiro atoms. The summed E-state index contributed by atoms with van der Waals surface area (Å²) in [5, 5.41) is 2.57. The molecule has 0 aliphatic carbocycles. The van der Waals surface area contributed by atoms with Gasteiger partial charge in [-0.05, 0) is 50.3 Å². The second-order valence-corrected chi connectivity index (χ2v) is 10.0. The Morgan fingerprint density at radius 3 is 2.47 bits per heavy atom. The van der Waals surface area contributed by atoms with E-state index in [-0.39, 0.29) is 15.6 Å². The molecule has 32 heavy (non-hydrogen) atoms. The molecule has 0 unspecified atom stereocenters. The summed E-state index contributed by atoms with van der Waals surface area (Å²) in [6.45, 7) is 4.92. The predicted octanol–water partition coefficient (Wildman–Crippen LogP) is 2.43. The molecule has 174 valence electrons. The van der Waals surface area contributed by atoms with E-state index in [4.69, 9.17) is 11.6 Å². The number of nitrogens with one attached hydrogen (secondary N) is 1. The zero-order chi connectivity index (χ0) is 23.1. The molecule has 1 N–H and O–H groups in total. The summed E-state index contributed by atoms with van der Waals surface area (Å²) in [6, 6.07) is 11.4. The van der Waals surface area contributed by atoms with Crippen LogP contribution in [0.2, 0.25) is 5.02 Å². The van der Waals surface area contributed by atoms with Gasteiger partial charge in [-0.3, -0.25) is 9.10 Å². The second-order valence-electron chi connectivity index (χ2n) is 7.77. The minimum absolute atomic E-state index is 0.0308. The number of carbonyl (C=O) groups excluding carboxylic acids is 1. The van der Waals surface area contributed by atoms with Gasteiger partial charge < -0.3 is 15.1 Å². The quantitative estimate of drug-likeness (QED) is 0.556. The van der Waals surface area contributed by atoms with Crippen molar-refractivity contribution in [3.63, 3.8) is 0 Å². The van der Waals surface area contributed by atoms with Crippen LogP contribution in [-0.2, 0) is 14.8 Å². The largest absolute Gasteiger partial charge is 0.354 e. The van der Waals surface area contributed by atoms with Crippen molar-refractivity contribution in [2.45, 2.75) is 11.3 Å². The van der Waals surface area contributed by atoms with Crippen molar-refractivity contribution in [1.29, 1.82) is 0 Å². The average molecular weight is 483 g/mol. The van der Waals surface area contributed by atoms with Gasteiger partial charge in [0.1, 0.15) is 12.4 Å². The highest BCUT2D eigenvalue weighted by molar-refractivity contribution is 7.92. The van der Waals surface area contributed by atoms with Gasteiger partial charge in [0.25, 0.3) is 10.0 Å². The Balaban J connectivity index is 1.66. The van der Waals surface area contributed by atoms with Crippen molar-refractivity contribution in [2.75, 3.05) is 57.2 Å². The molecule has 1 saturated heterocycles. The summed E-state index contributed by atoms with van der Waals surface area (Å²) >= 11 is 5.87. The summed E-state index contributed by atoms with van der Waals surface area (Å²) in [6.07, 6.45) is 0.767. The summed E-state index contributed by atoms with van der Waals surface area (Å²) in [7, 11) is -1.95. The first-order valence-electron chi connectivity index (χ1n) is 10.5. The van der Waals surface area contributed by atoms with Gasteiger partial charge in [0.2, 0.25) is 5.91 Å². The smallest absolute Gasteiger partial charge is 0.264 e. The zero-order valence-corrected chi connectivity index (χ0v) is 19.6. The molecule has 2 aromatic rings. The summed E-state index contributed by atoms with van der Waals surface area (Å²) in [5.41, 5.74) is 0.118. The molecule has 2 aromatic carbocycles. The van der Waals surface area contributed by atoms with Gasteiger partial charge in [0.15, 0.2) is 0 Å². The van der Waals surface area contributed by atoms with E-state index in [1.165, 1.54) is 24.3 Å². The van der Waals surface area contributed by atoms with Crippen molar-refractivity contribution in [3.8, 4) is 0 Å². The molecule has 0 bridgehead atoms. The fourth-order valence-electron chi connectivity index (χ4n) is 3.46. The van der Waals surface area contributed by atoms with Crippen molar-refractivity contribution in [1.82, 2.24) is 15.1 Å². The fraction of sp³-hybridized carbons (Fsp3) is 0.409. The number of hydrogen-bond acceptors (Lipinski definition) is 5. The van der Waals surface area contributed by atoms with Crippen LogP contribution < -0.4 is 9.62 Å². The maximum absolute atomic E-state index is 13.6. The van der Waals surface area contributed by atoms with E-state index >= 15 is 0 Å². The predicted molar refractivity (Wildman–Crippen MR) is 124 cm³/mol. The van der Waals surface area contributed by atoms with E-state index in [0.29, 0.717) is 6.54 Å². The molecule has 1 aliphatic rings. The van der Waals surface area contributed by atoms with Gasteiger partial charge in [0.05, 0.1) is 15.6 Å². The number of benzene rings is 2. The number of nitrogens with zero attached hydrogens (tertiary/aromatic N) is 3. The van der Waals surface area contributed by atoms with E-state index in [9.17, 15) is 17.6 Å². The monoisotopic (exact) mass is 482 g/mol. The summed E-state index contributed by atoms with van der Waals surface area (Å²) < 4.78 is 41.0. The normalized spacial score (nSPS) is 15.5. The van der Waals surface area contributed by atoms with Gasteiger partial charge in [-0.2, -0.15) is 0 Å². The second kappa shape index (κ2) is 11.1. The van der Waals surface area contributed by atoms with Crippen molar-refractivity contribution >= 4 is 33.2 Å². The molecular weight excluding hydrogens is 455 g/mol. The van der Waals surface area contributed by atoms with Crippen LogP contribution in [-0.4, -0.2) is 77.0 Å². The molecule has 10 heteroatoms. The molecule has 1 heterocycles. The van der Waals surface area contributed by atoms with Gasteiger partial charge in [0, 0.05) is 32.7 Å². The maximum Gasteiger partial charge on any atom is 0.264 e. The van der Waals surface area contributed by atoms with Crippen molar-refractivity contribution < 1.29 is 17.6 Å². The molecular formula is C22H28ClFN4O3S. The fourth-order valence-corrected chi connectivity index (χ4v) is 5.07. The van der Waals surface area contributed by atoms with Crippen LogP contribution in [0.5, 0.6) is 0 Å². The molecule has 0 atom stereocenters. The first kappa shape index (κ1) is 24.4. The van der Waals surface area contributed by atoms with Crippen LogP contribution in [0, 0.1) is 5.82 Å². The van der Waals surface area contributed by atoms with Crippen LogP contribution in [0.15, 0.2) is 53.4 Å². The minimum atomic E-state index is -4.05. The SMILES string of the molecule is CN1CCN(CCCNC(=O)CN(c2ccc(F)c(Cl)c2)S(=O)(=O)c2ccccc2)CC1. The van der Waals surface area contributed by atoms with E-state index in [1.807, 2.05) is 0 Å². The number of likely N-dealkylation sites (N-methyl/N-ethyl adjacent to an activating group) is 1. The minimum Gasteiger partial charge on any atom is -0.354 e. The third-order valence-corrected chi connectivity index (χ3v) is 7.46.